The second kappa shape index (κ2) is 7.26. The number of carbonyl (C=O) groups excluding carboxylic acids is 2. The monoisotopic (exact) mass is 360 g/mol. The lowest BCUT2D eigenvalue weighted by molar-refractivity contribution is -0.114. The summed E-state index contributed by atoms with van der Waals surface area (Å²) in [6.45, 7) is 1.42. The van der Waals surface area contributed by atoms with Gasteiger partial charge < -0.3 is 5.32 Å². The van der Waals surface area contributed by atoms with Crippen LogP contribution in [0.4, 0.5) is 5.13 Å². The molecule has 0 spiro atoms. The molecule has 1 amide bonds. The Balaban J connectivity index is 2.07. The van der Waals surface area contributed by atoms with E-state index in [4.69, 9.17) is 23.2 Å². The van der Waals surface area contributed by atoms with Gasteiger partial charge in [-0.05, 0) is 18.2 Å². The maximum absolute atomic E-state index is 11.6. The Kier molecular flexibility index (Phi) is 5.64. The quantitative estimate of drug-likeness (QED) is 0.880. The Bertz CT molecular complexity index is 689. The third kappa shape index (κ3) is 4.71. The lowest BCUT2D eigenvalue weighted by Crippen LogP contribution is -2.14. The fourth-order valence-corrected chi connectivity index (χ4v) is 3.11. The first-order chi connectivity index (χ1) is 9.95. The number of rotatable bonds is 4. The average Bonchev–Trinajstić information content (AvgIpc) is 2.84. The minimum atomic E-state index is -0.265. The normalized spacial score (nSPS) is 10.4. The largest absolute Gasteiger partial charge is 0.301 e. The van der Waals surface area contributed by atoms with Crippen molar-refractivity contribution >= 4 is 62.5 Å². The summed E-state index contributed by atoms with van der Waals surface area (Å²) in [5.74, 6) is -0.190. The summed E-state index contributed by atoms with van der Waals surface area (Å²) in [7, 11) is 0. The zero-order chi connectivity index (χ0) is 15.4. The van der Waals surface area contributed by atoms with Crippen LogP contribution in [-0.4, -0.2) is 21.8 Å². The summed E-state index contributed by atoms with van der Waals surface area (Å²) in [4.78, 5) is 26.7. The maximum atomic E-state index is 11.6. The standard InChI is InChI=1S/C13H10Cl2N2O2S2/c1-7(18)20-6-12(19)17-13-16-11(5-21-13)9-3-2-8(14)4-10(9)15/h2-5H,6H2,1H3,(H,16,17,19). The molecule has 0 fully saturated rings. The second-order valence-electron chi connectivity index (χ2n) is 3.99. The molecule has 1 N–H and O–H groups in total. The van der Waals surface area contributed by atoms with Crippen molar-refractivity contribution in [2.75, 3.05) is 11.1 Å². The molecular weight excluding hydrogens is 351 g/mol. The number of hydrogen-bond donors (Lipinski definition) is 1. The second-order valence-corrected chi connectivity index (χ2v) is 6.84. The molecule has 1 aromatic carbocycles. The van der Waals surface area contributed by atoms with Crippen LogP contribution in [0.1, 0.15) is 6.92 Å². The van der Waals surface area contributed by atoms with Crippen molar-refractivity contribution < 1.29 is 9.59 Å². The van der Waals surface area contributed by atoms with Crippen LogP contribution in [0.2, 0.25) is 10.0 Å². The highest BCUT2D eigenvalue weighted by Crippen LogP contribution is 2.32. The van der Waals surface area contributed by atoms with Gasteiger partial charge in [0.25, 0.3) is 0 Å². The number of carbonyl (C=O) groups is 2. The summed E-state index contributed by atoms with van der Waals surface area (Å²) in [6.07, 6.45) is 0. The van der Waals surface area contributed by atoms with Crippen LogP contribution >= 0.6 is 46.3 Å². The van der Waals surface area contributed by atoms with E-state index in [1.807, 2.05) is 0 Å². The third-order valence-electron chi connectivity index (χ3n) is 2.36. The van der Waals surface area contributed by atoms with Gasteiger partial charge in [0.05, 0.1) is 16.5 Å². The Hall–Kier alpha value is -1.08. The number of amides is 1. The highest BCUT2D eigenvalue weighted by Gasteiger charge is 2.11. The van der Waals surface area contributed by atoms with E-state index in [0.717, 1.165) is 17.3 Å². The molecule has 0 bridgehead atoms. The van der Waals surface area contributed by atoms with Gasteiger partial charge in [0, 0.05) is 22.9 Å². The molecule has 0 aliphatic rings. The molecule has 21 heavy (non-hydrogen) atoms. The molecule has 0 aliphatic heterocycles. The number of nitrogens with zero attached hydrogens (tertiary/aromatic N) is 1. The van der Waals surface area contributed by atoms with E-state index in [9.17, 15) is 9.59 Å². The minimum Gasteiger partial charge on any atom is -0.301 e. The highest BCUT2D eigenvalue weighted by molar-refractivity contribution is 8.14. The zero-order valence-electron chi connectivity index (χ0n) is 10.9. The van der Waals surface area contributed by atoms with Crippen LogP contribution in [0.15, 0.2) is 23.6 Å². The molecule has 110 valence electrons. The molecule has 0 saturated carbocycles. The van der Waals surface area contributed by atoms with Gasteiger partial charge in [-0.15, -0.1) is 11.3 Å². The summed E-state index contributed by atoms with van der Waals surface area (Å²) >= 11 is 14.2. The molecule has 0 radical (unpaired) electrons. The van der Waals surface area contributed by atoms with Gasteiger partial charge in [-0.3, -0.25) is 9.59 Å². The fourth-order valence-electron chi connectivity index (χ4n) is 1.47. The number of anilines is 1. The molecule has 2 aromatic rings. The SMILES string of the molecule is CC(=O)SCC(=O)Nc1nc(-c2ccc(Cl)cc2Cl)cs1. The lowest BCUT2D eigenvalue weighted by atomic mass is 10.2. The molecule has 1 heterocycles. The summed E-state index contributed by atoms with van der Waals surface area (Å²) in [6, 6.07) is 5.14. The Labute approximate surface area is 139 Å². The Morgan fingerprint density at radius 2 is 2.14 bits per heavy atom. The summed E-state index contributed by atoms with van der Waals surface area (Å²) < 4.78 is 0. The third-order valence-corrected chi connectivity index (χ3v) is 4.48. The van der Waals surface area contributed by atoms with Crippen molar-refractivity contribution in [3.05, 3.63) is 33.6 Å². The zero-order valence-corrected chi connectivity index (χ0v) is 14.0. The van der Waals surface area contributed by atoms with Crippen molar-refractivity contribution in [2.45, 2.75) is 6.92 Å². The van der Waals surface area contributed by atoms with E-state index in [0.29, 0.717) is 20.9 Å². The molecule has 0 atom stereocenters. The highest BCUT2D eigenvalue weighted by atomic mass is 35.5. The van der Waals surface area contributed by atoms with E-state index in [1.165, 1.54) is 18.3 Å². The Morgan fingerprint density at radius 3 is 2.81 bits per heavy atom. The van der Waals surface area contributed by atoms with Crippen LogP contribution in [0.3, 0.4) is 0 Å². The summed E-state index contributed by atoms with van der Waals surface area (Å²) in [5, 5.41) is 5.85. The molecule has 4 nitrogen and oxygen atoms in total. The molecular formula is C13H10Cl2N2O2S2. The van der Waals surface area contributed by atoms with Crippen molar-refractivity contribution in [3.63, 3.8) is 0 Å². The van der Waals surface area contributed by atoms with Crippen molar-refractivity contribution in [1.82, 2.24) is 4.98 Å². The smallest absolute Gasteiger partial charge is 0.236 e. The molecule has 0 saturated heterocycles. The predicted molar refractivity (Wildman–Crippen MR) is 89.3 cm³/mol. The van der Waals surface area contributed by atoms with E-state index < -0.39 is 0 Å². The van der Waals surface area contributed by atoms with Gasteiger partial charge in [-0.2, -0.15) is 0 Å². The predicted octanol–water partition coefficient (Wildman–Crippen LogP) is 4.34. The maximum Gasteiger partial charge on any atom is 0.236 e. The van der Waals surface area contributed by atoms with Crippen LogP contribution in [0, 0.1) is 0 Å². The first kappa shape index (κ1) is 16.3. The van der Waals surface area contributed by atoms with E-state index in [-0.39, 0.29) is 16.8 Å². The van der Waals surface area contributed by atoms with Crippen molar-refractivity contribution in [2.24, 2.45) is 0 Å². The van der Waals surface area contributed by atoms with Crippen LogP contribution in [0.5, 0.6) is 0 Å². The van der Waals surface area contributed by atoms with E-state index in [2.05, 4.69) is 10.3 Å². The average molecular weight is 361 g/mol. The van der Waals surface area contributed by atoms with Crippen LogP contribution in [0.25, 0.3) is 11.3 Å². The van der Waals surface area contributed by atoms with Gasteiger partial charge in [0.2, 0.25) is 5.91 Å². The van der Waals surface area contributed by atoms with Gasteiger partial charge in [-0.1, -0.05) is 35.0 Å². The van der Waals surface area contributed by atoms with Crippen molar-refractivity contribution in [1.29, 1.82) is 0 Å². The van der Waals surface area contributed by atoms with Gasteiger partial charge in [-0.25, -0.2) is 4.98 Å². The first-order valence-corrected chi connectivity index (χ1v) is 8.42. The number of thioether (sulfide) groups is 1. The minimum absolute atomic E-state index is 0.0753. The van der Waals surface area contributed by atoms with Crippen molar-refractivity contribution in [3.8, 4) is 11.3 Å². The molecule has 0 aliphatic carbocycles. The van der Waals surface area contributed by atoms with E-state index >= 15 is 0 Å². The van der Waals surface area contributed by atoms with E-state index in [1.54, 1.807) is 23.6 Å². The van der Waals surface area contributed by atoms with Gasteiger partial charge in [0.15, 0.2) is 10.2 Å². The number of hydrogen-bond acceptors (Lipinski definition) is 5. The van der Waals surface area contributed by atoms with Crippen LogP contribution in [-0.2, 0) is 9.59 Å². The summed E-state index contributed by atoms with van der Waals surface area (Å²) in [5.41, 5.74) is 1.41. The van der Waals surface area contributed by atoms with Gasteiger partial charge in [0.1, 0.15) is 0 Å². The van der Waals surface area contributed by atoms with Gasteiger partial charge >= 0.3 is 0 Å². The first-order valence-electron chi connectivity index (χ1n) is 5.80. The number of benzene rings is 1. The van der Waals surface area contributed by atoms with Crippen LogP contribution < -0.4 is 5.32 Å². The number of thiazole rings is 1. The number of halogens is 2. The molecule has 1 aromatic heterocycles. The molecule has 0 unspecified atom stereocenters. The molecule has 8 heteroatoms. The fraction of sp³-hybridized carbons (Fsp3) is 0.154. The number of nitrogens with one attached hydrogen (secondary N) is 1. The molecule has 2 rings (SSSR count). The Morgan fingerprint density at radius 1 is 1.38 bits per heavy atom. The topological polar surface area (TPSA) is 59.1 Å². The number of aromatic nitrogens is 1. The lowest BCUT2D eigenvalue weighted by Gasteiger charge is -2.01.